The number of thiazole rings is 1. The molecule has 4 rings (SSSR count). The van der Waals surface area contributed by atoms with Crippen LogP contribution < -0.4 is 15.5 Å². The van der Waals surface area contributed by atoms with Gasteiger partial charge in [-0.25, -0.2) is 4.98 Å². The van der Waals surface area contributed by atoms with Crippen LogP contribution in [-0.4, -0.2) is 60.4 Å². The maximum atomic E-state index is 12.8. The van der Waals surface area contributed by atoms with Gasteiger partial charge >= 0.3 is 0 Å². The van der Waals surface area contributed by atoms with Crippen molar-refractivity contribution in [2.24, 2.45) is 0 Å². The predicted molar refractivity (Wildman–Crippen MR) is 115 cm³/mol. The summed E-state index contributed by atoms with van der Waals surface area (Å²) in [6.07, 6.45) is 2.83. The van der Waals surface area contributed by atoms with Gasteiger partial charge in [0.25, 0.3) is 11.8 Å². The number of nitrogens with zero attached hydrogens (tertiary/aromatic N) is 2. The van der Waals surface area contributed by atoms with Gasteiger partial charge in [0.2, 0.25) is 0 Å². The molecule has 1 aromatic heterocycles. The number of para-hydroxylation sites is 1. The van der Waals surface area contributed by atoms with Crippen molar-refractivity contribution in [2.75, 3.05) is 30.4 Å². The molecule has 0 bridgehead atoms. The van der Waals surface area contributed by atoms with E-state index in [2.05, 4.69) is 20.5 Å². The van der Waals surface area contributed by atoms with Crippen LogP contribution in [0.25, 0.3) is 0 Å². The summed E-state index contributed by atoms with van der Waals surface area (Å²) in [6.45, 7) is 1.54. The number of nitrogens with one attached hydrogen (secondary N) is 2. The zero-order valence-electron chi connectivity index (χ0n) is 16.8. The third-order valence-electron chi connectivity index (χ3n) is 5.63. The summed E-state index contributed by atoms with van der Waals surface area (Å²) in [4.78, 5) is 32.0. The molecule has 160 valence electrons. The summed E-state index contributed by atoms with van der Waals surface area (Å²) >= 11 is 1.42. The molecule has 0 unspecified atom stereocenters. The fourth-order valence-corrected chi connectivity index (χ4v) is 4.54. The highest BCUT2D eigenvalue weighted by Crippen LogP contribution is 2.27. The van der Waals surface area contributed by atoms with Crippen molar-refractivity contribution < 1.29 is 19.4 Å². The quantitative estimate of drug-likeness (QED) is 0.650. The topological polar surface area (TPSA) is 104 Å². The Morgan fingerprint density at radius 2 is 1.90 bits per heavy atom. The van der Waals surface area contributed by atoms with E-state index in [1.54, 1.807) is 36.8 Å². The SMILES string of the molecule is COC1CN(c2nc(C(=O)Nc3ccccc3C(=O)N[C@H]3CC[C@@H](O)CC3)cs2)C1. The molecule has 2 aromatic rings. The molecule has 0 radical (unpaired) electrons. The average molecular weight is 431 g/mol. The minimum absolute atomic E-state index is 0.0400. The molecule has 1 aromatic carbocycles. The minimum Gasteiger partial charge on any atom is -0.393 e. The number of benzene rings is 1. The van der Waals surface area contributed by atoms with Gasteiger partial charge in [0, 0.05) is 31.6 Å². The number of methoxy groups -OCH3 is 1. The fraction of sp³-hybridized carbons (Fsp3) is 0.476. The normalized spacial score (nSPS) is 21.7. The van der Waals surface area contributed by atoms with E-state index in [4.69, 9.17) is 4.74 Å². The zero-order valence-corrected chi connectivity index (χ0v) is 17.7. The molecule has 2 heterocycles. The first kappa shape index (κ1) is 20.8. The number of carbonyl (C=O) groups excluding carboxylic acids is 2. The number of aromatic nitrogens is 1. The van der Waals surface area contributed by atoms with Gasteiger partial charge in [0.1, 0.15) is 5.69 Å². The first-order valence-electron chi connectivity index (χ1n) is 10.2. The second-order valence-electron chi connectivity index (χ2n) is 7.76. The molecular weight excluding hydrogens is 404 g/mol. The van der Waals surface area contributed by atoms with E-state index >= 15 is 0 Å². The van der Waals surface area contributed by atoms with Gasteiger partial charge in [-0.05, 0) is 37.8 Å². The second-order valence-corrected chi connectivity index (χ2v) is 8.59. The number of hydrogen-bond donors (Lipinski definition) is 3. The molecule has 1 aliphatic carbocycles. The van der Waals surface area contributed by atoms with Gasteiger partial charge in [-0.2, -0.15) is 0 Å². The van der Waals surface area contributed by atoms with Gasteiger partial charge in [-0.15, -0.1) is 11.3 Å². The lowest BCUT2D eigenvalue weighted by atomic mass is 9.93. The maximum absolute atomic E-state index is 12.8. The van der Waals surface area contributed by atoms with Crippen molar-refractivity contribution in [3.05, 3.63) is 40.9 Å². The smallest absolute Gasteiger partial charge is 0.275 e. The van der Waals surface area contributed by atoms with Crippen LogP contribution in [0.3, 0.4) is 0 Å². The summed E-state index contributed by atoms with van der Waals surface area (Å²) in [6, 6.07) is 6.99. The molecule has 1 aliphatic heterocycles. The number of amides is 2. The lowest BCUT2D eigenvalue weighted by Crippen LogP contribution is -2.51. The van der Waals surface area contributed by atoms with Gasteiger partial charge in [0.15, 0.2) is 5.13 Å². The molecule has 8 nitrogen and oxygen atoms in total. The van der Waals surface area contributed by atoms with E-state index in [0.717, 1.165) is 31.1 Å². The average Bonchev–Trinajstić information content (AvgIpc) is 3.19. The molecule has 1 saturated heterocycles. The number of aliphatic hydroxyl groups excluding tert-OH is 1. The van der Waals surface area contributed by atoms with Crippen LogP contribution >= 0.6 is 11.3 Å². The van der Waals surface area contributed by atoms with E-state index in [9.17, 15) is 14.7 Å². The van der Waals surface area contributed by atoms with Crippen molar-refractivity contribution in [3.63, 3.8) is 0 Å². The Labute approximate surface area is 179 Å². The largest absolute Gasteiger partial charge is 0.393 e. The fourth-order valence-electron chi connectivity index (χ4n) is 3.72. The number of aliphatic hydroxyl groups is 1. The molecule has 0 atom stereocenters. The summed E-state index contributed by atoms with van der Waals surface area (Å²) in [7, 11) is 1.69. The molecule has 30 heavy (non-hydrogen) atoms. The minimum atomic E-state index is -0.345. The van der Waals surface area contributed by atoms with Crippen molar-refractivity contribution in [2.45, 2.75) is 43.9 Å². The van der Waals surface area contributed by atoms with E-state index < -0.39 is 0 Å². The third-order valence-corrected chi connectivity index (χ3v) is 6.53. The number of carbonyl (C=O) groups is 2. The molecular formula is C21H26N4O4S. The van der Waals surface area contributed by atoms with E-state index in [0.29, 0.717) is 29.8 Å². The van der Waals surface area contributed by atoms with Crippen LogP contribution in [0.2, 0.25) is 0 Å². The highest BCUT2D eigenvalue weighted by atomic mass is 32.1. The molecule has 2 amide bonds. The van der Waals surface area contributed by atoms with E-state index in [1.165, 1.54) is 11.3 Å². The van der Waals surface area contributed by atoms with Crippen LogP contribution in [-0.2, 0) is 4.74 Å². The monoisotopic (exact) mass is 430 g/mol. The number of rotatable bonds is 6. The lowest BCUT2D eigenvalue weighted by molar-refractivity contribution is 0.0787. The Morgan fingerprint density at radius 3 is 2.63 bits per heavy atom. The van der Waals surface area contributed by atoms with Gasteiger partial charge in [-0.3, -0.25) is 9.59 Å². The van der Waals surface area contributed by atoms with Crippen LogP contribution in [0.4, 0.5) is 10.8 Å². The predicted octanol–water partition coefficient (Wildman–Crippen LogP) is 2.26. The summed E-state index contributed by atoms with van der Waals surface area (Å²) in [5.41, 5.74) is 1.19. The molecule has 2 fully saturated rings. The Morgan fingerprint density at radius 1 is 1.17 bits per heavy atom. The Hall–Kier alpha value is -2.49. The number of ether oxygens (including phenoxy) is 1. The van der Waals surface area contributed by atoms with Crippen molar-refractivity contribution in [3.8, 4) is 0 Å². The first-order valence-corrected chi connectivity index (χ1v) is 11.0. The summed E-state index contributed by atoms with van der Waals surface area (Å²) < 4.78 is 5.27. The Kier molecular flexibility index (Phi) is 6.31. The molecule has 1 saturated carbocycles. The van der Waals surface area contributed by atoms with Gasteiger partial charge < -0.3 is 25.4 Å². The highest BCUT2D eigenvalue weighted by molar-refractivity contribution is 7.14. The molecule has 3 N–H and O–H groups in total. The second kappa shape index (κ2) is 9.11. The van der Waals surface area contributed by atoms with Crippen molar-refractivity contribution >= 4 is 34.0 Å². The lowest BCUT2D eigenvalue weighted by Gasteiger charge is -2.37. The first-order chi connectivity index (χ1) is 14.5. The number of hydrogen-bond acceptors (Lipinski definition) is 7. The van der Waals surface area contributed by atoms with Crippen LogP contribution in [0.15, 0.2) is 29.6 Å². The van der Waals surface area contributed by atoms with Crippen molar-refractivity contribution in [1.29, 1.82) is 0 Å². The standard InChI is InChI=1S/C21H26N4O4S/c1-29-15-10-25(11-15)21-24-18(12-30-21)20(28)23-17-5-3-2-4-16(17)19(27)22-13-6-8-14(26)9-7-13/h2-5,12-15,26H,6-11H2,1H3,(H,22,27)(H,23,28)/t13-,14+. The highest BCUT2D eigenvalue weighted by Gasteiger charge is 2.29. The van der Waals surface area contributed by atoms with Crippen LogP contribution in [0.5, 0.6) is 0 Å². The third kappa shape index (κ3) is 4.63. The molecule has 0 spiro atoms. The van der Waals surface area contributed by atoms with Crippen molar-refractivity contribution in [1.82, 2.24) is 10.3 Å². The summed E-state index contributed by atoms with van der Waals surface area (Å²) in [5, 5.41) is 18.0. The van der Waals surface area contributed by atoms with Crippen LogP contribution in [0, 0.1) is 0 Å². The number of anilines is 2. The maximum Gasteiger partial charge on any atom is 0.275 e. The van der Waals surface area contributed by atoms with Gasteiger partial charge in [0.05, 0.1) is 23.5 Å². The Balaban J connectivity index is 1.39. The van der Waals surface area contributed by atoms with Gasteiger partial charge in [-0.1, -0.05) is 12.1 Å². The molecule has 9 heteroatoms. The summed E-state index contributed by atoms with van der Waals surface area (Å²) in [5.74, 6) is -0.570. The molecule has 2 aliphatic rings. The van der Waals surface area contributed by atoms with E-state index in [1.807, 2.05) is 0 Å². The Bertz CT molecular complexity index is 904. The zero-order chi connectivity index (χ0) is 21.1. The van der Waals surface area contributed by atoms with E-state index in [-0.39, 0.29) is 30.1 Å². The van der Waals surface area contributed by atoms with Crippen LogP contribution in [0.1, 0.15) is 46.5 Å².